The van der Waals surface area contributed by atoms with Gasteiger partial charge in [-0.1, -0.05) is 0 Å². The smallest absolute Gasteiger partial charge is 0.261 e. The van der Waals surface area contributed by atoms with Crippen LogP contribution in [0.2, 0.25) is 0 Å². The van der Waals surface area contributed by atoms with Crippen molar-refractivity contribution in [3.8, 4) is 11.5 Å². The van der Waals surface area contributed by atoms with Crippen LogP contribution in [0.3, 0.4) is 0 Å². The summed E-state index contributed by atoms with van der Waals surface area (Å²) >= 11 is 0. The average molecular weight is 245 g/mol. The number of ether oxygens (including phenoxy) is 2. The van der Waals surface area contributed by atoms with Crippen molar-refractivity contribution in [1.29, 1.82) is 0 Å². The SMILES string of the molecule is Cc1cc2cc3c(cc2c(=O)n(C)c1=O)OCO3. The molecule has 3 rings (SSSR count). The van der Waals surface area contributed by atoms with E-state index in [1.165, 1.54) is 7.05 Å². The van der Waals surface area contributed by atoms with Gasteiger partial charge in [-0.15, -0.1) is 0 Å². The van der Waals surface area contributed by atoms with Crippen molar-refractivity contribution in [2.45, 2.75) is 6.92 Å². The van der Waals surface area contributed by atoms with Crippen LogP contribution in [0.4, 0.5) is 0 Å². The van der Waals surface area contributed by atoms with Crippen LogP contribution in [0, 0.1) is 6.92 Å². The molecule has 1 aromatic heterocycles. The summed E-state index contributed by atoms with van der Waals surface area (Å²) in [4.78, 5) is 24.0. The molecule has 0 saturated carbocycles. The fraction of sp³-hybridized carbons (Fsp3) is 0.231. The molecule has 2 heterocycles. The highest BCUT2D eigenvalue weighted by Crippen LogP contribution is 2.34. The minimum Gasteiger partial charge on any atom is -0.454 e. The summed E-state index contributed by atoms with van der Waals surface area (Å²) in [6.07, 6.45) is 0. The lowest BCUT2D eigenvalue weighted by atomic mass is 10.1. The van der Waals surface area contributed by atoms with Gasteiger partial charge in [0.15, 0.2) is 11.5 Å². The van der Waals surface area contributed by atoms with Crippen molar-refractivity contribution in [3.63, 3.8) is 0 Å². The van der Waals surface area contributed by atoms with Gasteiger partial charge in [-0.3, -0.25) is 14.2 Å². The van der Waals surface area contributed by atoms with Gasteiger partial charge in [-0.05, 0) is 30.5 Å². The minimum absolute atomic E-state index is 0.157. The number of nitrogens with zero attached hydrogens (tertiary/aromatic N) is 1. The molecule has 2 aromatic rings. The Labute approximate surface area is 102 Å². The third-order valence-corrected chi connectivity index (χ3v) is 3.09. The Bertz CT molecular complexity index is 776. The van der Waals surface area contributed by atoms with Crippen LogP contribution >= 0.6 is 0 Å². The minimum atomic E-state index is -0.332. The molecule has 5 nitrogen and oxygen atoms in total. The summed E-state index contributed by atoms with van der Waals surface area (Å²) in [5.74, 6) is 1.14. The van der Waals surface area contributed by atoms with Crippen LogP contribution in [0.1, 0.15) is 5.56 Å². The number of aryl methyl sites for hydroxylation is 1. The van der Waals surface area contributed by atoms with Crippen LogP contribution in [0.25, 0.3) is 10.8 Å². The van der Waals surface area contributed by atoms with Crippen LogP contribution in [0.5, 0.6) is 11.5 Å². The number of hydrogen-bond acceptors (Lipinski definition) is 4. The molecule has 0 atom stereocenters. The number of rotatable bonds is 0. The summed E-state index contributed by atoms with van der Waals surface area (Å²) in [7, 11) is 1.47. The quantitative estimate of drug-likeness (QED) is 0.693. The van der Waals surface area contributed by atoms with Crippen LogP contribution in [-0.2, 0) is 7.05 Å². The second kappa shape index (κ2) is 3.60. The molecule has 1 aliphatic rings. The van der Waals surface area contributed by atoms with Crippen molar-refractivity contribution in [2.24, 2.45) is 7.05 Å². The van der Waals surface area contributed by atoms with Gasteiger partial charge in [-0.2, -0.15) is 0 Å². The molecule has 0 spiro atoms. The van der Waals surface area contributed by atoms with Crippen molar-refractivity contribution in [1.82, 2.24) is 4.57 Å². The van der Waals surface area contributed by atoms with Gasteiger partial charge in [0.05, 0.1) is 5.39 Å². The first-order valence-electron chi connectivity index (χ1n) is 5.52. The zero-order valence-electron chi connectivity index (χ0n) is 10.0. The van der Waals surface area contributed by atoms with E-state index in [-0.39, 0.29) is 17.9 Å². The largest absolute Gasteiger partial charge is 0.454 e. The average Bonchev–Trinajstić information content (AvgIpc) is 2.79. The number of aromatic nitrogens is 1. The highest BCUT2D eigenvalue weighted by Gasteiger charge is 2.16. The molecule has 5 heteroatoms. The second-order valence-electron chi connectivity index (χ2n) is 4.29. The van der Waals surface area contributed by atoms with E-state index in [1.807, 2.05) is 0 Å². The maximum atomic E-state index is 12.2. The first kappa shape index (κ1) is 10.8. The van der Waals surface area contributed by atoms with E-state index >= 15 is 0 Å². The normalized spacial score (nSPS) is 13.0. The summed E-state index contributed by atoms with van der Waals surface area (Å²) in [5.41, 5.74) is -0.108. The van der Waals surface area contributed by atoms with Gasteiger partial charge >= 0.3 is 0 Å². The monoisotopic (exact) mass is 245 g/mol. The van der Waals surface area contributed by atoms with Gasteiger partial charge in [0.25, 0.3) is 11.1 Å². The van der Waals surface area contributed by atoms with Crippen molar-refractivity contribution >= 4 is 10.8 Å². The highest BCUT2D eigenvalue weighted by molar-refractivity contribution is 5.85. The third-order valence-electron chi connectivity index (χ3n) is 3.09. The second-order valence-corrected chi connectivity index (χ2v) is 4.29. The number of benzene rings is 1. The third kappa shape index (κ3) is 1.40. The summed E-state index contributed by atoms with van der Waals surface area (Å²) in [5, 5.41) is 1.13. The van der Waals surface area contributed by atoms with Gasteiger partial charge in [0.1, 0.15) is 0 Å². The molecule has 1 aliphatic heterocycles. The highest BCUT2D eigenvalue weighted by atomic mass is 16.7. The Hall–Kier alpha value is -2.30. The Morgan fingerprint density at radius 2 is 1.72 bits per heavy atom. The summed E-state index contributed by atoms with van der Waals surface area (Å²) in [6.45, 7) is 1.84. The van der Waals surface area contributed by atoms with E-state index < -0.39 is 0 Å². The molecule has 0 fully saturated rings. The van der Waals surface area contributed by atoms with Crippen molar-refractivity contribution in [3.05, 3.63) is 44.5 Å². The van der Waals surface area contributed by atoms with E-state index in [0.29, 0.717) is 27.8 Å². The molecule has 0 radical (unpaired) electrons. The van der Waals surface area contributed by atoms with Crippen molar-refractivity contribution < 1.29 is 9.47 Å². The van der Waals surface area contributed by atoms with E-state index in [9.17, 15) is 9.59 Å². The molecule has 0 amide bonds. The Balaban J connectivity index is 2.56. The summed E-state index contributed by atoms with van der Waals surface area (Å²) in [6, 6.07) is 5.05. The van der Waals surface area contributed by atoms with E-state index in [0.717, 1.165) is 4.57 Å². The number of fused-ring (bicyclic) bond motifs is 2. The topological polar surface area (TPSA) is 57.5 Å². The van der Waals surface area contributed by atoms with Gasteiger partial charge in [0.2, 0.25) is 6.79 Å². The fourth-order valence-electron chi connectivity index (χ4n) is 2.09. The fourth-order valence-corrected chi connectivity index (χ4v) is 2.09. The van der Waals surface area contributed by atoms with Crippen LogP contribution < -0.4 is 20.6 Å². The predicted octanol–water partition coefficient (Wildman–Crippen LogP) is 0.936. The Morgan fingerprint density at radius 1 is 1.06 bits per heavy atom. The molecule has 0 N–H and O–H groups in total. The van der Waals surface area contributed by atoms with Crippen molar-refractivity contribution in [2.75, 3.05) is 6.79 Å². The predicted molar refractivity (Wildman–Crippen MR) is 66.3 cm³/mol. The van der Waals surface area contributed by atoms with Gasteiger partial charge < -0.3 is 9.47 Å². The zero-order chi connectivity index (χ0) is 12.9. The molecule has 0 aliphatic carbocycles. The molecular weight excluding hydrogens is 234 g/mol. The van der Waals surface area contributed by atoms with E-state index in [1.54, 1.807) is 25.1 Å². The maximum absolute atomic E-state index is 12.2. The first-order valence-corrected chi connectivity index (χ1v) is 5.52. The maximum Gasteiger partial charge on any atom is 0.261 e. The van der Waals surface area contributed by atoms with E-state index in [2.05, 4.69) is 0 Å². The summed E-state index contributed by atoms with van der Waals surface area (Å²) < 4.78 is 11.6. The molecule has 0 unspecified atom stereocenters. The Kier molecular flexibility index (Phi) is 2.16. The molecule has 0 bridgehead atoms. The molecule has 18 heavy (non-hydrogen) atoms. The number of hydrogen-bond donors (Lipinski definition) is 0. The standard InChI is InChI=1S/C13H11NO4/c1-7-3-8-4-10-11(18-6-17-10)5-9(8)13(16)14(2)12(7)15/h3-5H,6H2,1-2H3. The molecule has 1 aromatic carbocycles. The molecule has 0 saturated heterocycles. The van der Waals surface area contributed by atoms with Gasteiger partial charge in [0, 0.05) is 12.6 Å². The Morgan fingerprint density at radius 3 is 2.44 bits per heavy atom. The van der Waals surface area contributed by atoms with Crippen LogP contribution in [-0.4, -0.2) is 11.4 Å². The lowest BCUT2D eigenvalue weighted by Crippen LogP contribution is -2.27. The lowest BCUT2D eigenvalue weighted by molar-refractivity contribution is 0.174. The van der Waals surface area contributed by atoms with Crippen LogP contribution in [0.15, 0.2) is 27.8 Å². The zero-order valence-corrected chi connectivity index (χ0v) is 10.0. The molecular formula is C13H11NO4. The van der Waals surface area contributed by atoms with E-state index in [4.69, 9.17) is 9.47 Å². The first-order chi connectivity index (χ1) is 8.58. The van der Waals surface area contributed by atoms with Gasteiger partial charge in [-0.25, -0.2) is 0 Å². The lowest BCUT2D eigenvalue weighted by Gasteiger charge is -1.97. The molecule has 92 valence electrons.